The lowest BCUT2D eigenvalue weighted by atomic mass is 9.97. The fraction of sp³-hybridized carbons (Fsp3) is 0.227. The van der Waals surface area contributed by atoms with Crippen molar-refractivity contribution in [3.05, 3.63) is 88.8 Å². The first-order chi connectivity index (χ1) is 13.5. The number of hydrogen-bond acceptors (Lipinski definition) is 3. The van der Waals surface area contributed by atoms with Crippen LogP contribution < -0.4 is 0 Å². The van der Waals surface area contributed by atoms with Crippen LogP contribution >= 0.6 is 0 Å². The molecular formula is C22H20F2N4. The molecule has 0 amide bonds. The van der Waals surface area contributed by atoms with Gasteiger partial charge in [0.1, 0.15) is 5.65 Å². The molecule has 4 heterocycles. The van der Waals surface area contributed by atoms with Crippen LogP contribution in [0.2, 0.25) is 0 Å². The quantitative estimate of drug-likeness (QED) is 0.504. The zero-order chi connectivity index (χ0) is 19.7. The lowest BCUT2D eigenvalue weighted by Crippen LogP contribution is -2.04. The standard InChI is InChI=1S/C22H20F2N4/c1-13-7-19-17(12-27-22(19)26-10-13)9-15-3-5-18(28-21(15)24)8-14(2)16-4-6-20(23)25-11-16/h3-7,10-12,14H,8-9H2,1-2H3,(H,26,27)/t14-/m1/s1. The maximum atomic E-state index is 14.6. The largest absolute Gasteiger partial charge is 0.346 e. The Kier molecular flexibility index (Phi) is 4.86. The number of aromatic nitrogens is 4. The van der Waals surface area contributed by atoms with Crippen molar-refractivity contribution in [3.63, 3.8) is 0 Å². The highest BCUT2D eigenvalue weighted by Gasteiger charge is 2.13. The van der Waals surface area contributed by atoms with Gasteiger partial charge in [0.2, 0.25) is 11.9 Å². The molecule has 0 aliphatic heterocycles. The van der Waals surface area contributed by atoms with Gasteiger partial charge in [-0.2, -0.15) is 8.78 Å². The fourth-order valence-corrected chi connectivity index (χ4v) is 3.37. The first-order valence-electron chi connectivity index (χ1n) is 9.18. The van der Waals surface area contributed by atoms with Crippen LogP contribution in [0.25, 0.3) is 11.0 Å². The van der Waals surface area contributed by atoms with Gasteiger partial charge in [0.15, 0.2) is 0 Å². The highest BCUT2D eigenvalue weighted by Crippen LogP contribution is 2.23. The Morgan fingerprint density at radius 3 is 2.64 bits per heavy atom. The van der Waals surface area contributed by atoms with Gasteiger partial charge in [-0.3, -0.25) is 0 Å². The highest BCUT2D eigenvalue weighted by molar-refractivity contribution is 5.80. The van der Waals surface area contributed by atoms with Crippen molar-refractivity contribution in [2.45, 2.75) is 32.6 Å². The predicted octanol–water partition coefficient (Wildman–Crippen LogP) is 4.88. The Morgan fingerprint density at radius 1 is 1.04 bits per heavy atom. The summed E-state index contributed by atoms with van der Waals surface area (Å²) in [6.07, 6.45) is 6.19. The molecule has 4 aromatic heterocycles. The van der Waals surface area contributed by atoms with Crippen LogP contribution in [0.3, 0.4) is 0 Å². The lowest BCUT2D eigenvalue weighted by molar-refractivity contribution is 0.558. The van der Waals surface area contributed by atoms with Gasteiger partial charge in [-0.1, -0.05) is 19.1 Å². The molecule has 0 bridgehead atoms. The first kappa shape index (κ1) is 18.2. The zero-order valence-corrected chi connectivity index (χ0v) is 15.7. The van der Waals surface area contributed by atoms with E-state index >= 15 is 0 Å². The van der Waals surface area contributed by atoms with Crippen LogP contribution in [-0.2, 0) is 12.8 Å². The topological polar surface area (TPSA) is 54.5 Å². The molecule has 0 aliphatic carbocycles. The van der Waals surface area contributed by atoms with Gasteiger partial charge in [-0.05, 0) is 54.2 Å². The minimum absolute atomic E-state index is 0.0634. The van der Waals surface area contributed by atoms with Crippen molar-refractivity contribution in [3.8, 4) is 0 Å². The minimum atomic E-state index is -0.507. The second-order valence-corrected chi connectivity index (χ2v) is 7.17. The average molecular weight is 378 g/mol. The normalized spacial score (nSPS) is 12.4. The molecule has 6 heteroatoms. The number of fused-ring (bicyclic) bond motifs is 1. The molecule has 0 saturated heterocycles. The van der Waals surface area contributed by atoms with Gasteiger partial charge in [0.05, 0.1) is 0 Å². The van der Waals surface area contributed by atoms with Gasteiger partial charge in [-0.25, -0.2) is 15.0 Å². The summed E-state index contributed by atoms with van der Waals surface area (Å²) in [7, 11) is 0. The summed E-state index contributed by atoms with van der Waals surface area (Å²) in [5, 5.41) is 1.00. The van der Waals surface area contributed by atoms with Crippen LogP contribution in [0.4, 0.5) is 8.78 Å². The Morgan fingerprint density at radius 2 is 1.89 bits per heavy atom. The number of aromatic amines is 1. The SMILES string of the molecule is Cc1cnc2[nH]cc(Cc3ccc(C[C@@H](C)c4ccc(F)nc4)nc3F)c2c1. The number of H-pyrrole nitrogens is 1. The van der Waals surface area contributed by atoms with Crippen LogP contribution in [0, 0.1) is 18.8 Å². The molecule has 4 aromatic rings. The summed E-state index contributed by atoms with van der Waals surface area (Å²) < 4.78 is 27.6. The number of aryl methyl sites for hydroxylation is 1. The molecule has 28 heavy (non-hydrogen) atoms. The van der Waals surface area contributed by atoms with Gasteiger partial charge in [-0.15, -0.1) is 0 Å². The van der Waals surface area contributed by atoms with Crippen molar-refractivity contribution in [1.82, 2.24) is 19.9 Å². The summed E-state index contributed by atoms with van der Waals surface area (Å²) in [6.45, 7) is 3.97. The smallest absolute Gasteiger partial charge is 0.216 e. The van der Waals surface area contributed by atoms with E-state index in [4.69, 9.17) is 0 Å². The number of pyridine rings is 3. The van der Waals surface area contributed by atoms with E-state index in [2.05, 4.69) is 19.9 Å². The Hall–Kier alpha value is -3.15. The monoisotopic (exact) mass is 378 g/mol. The number of nitrogens with one attached hydrogen (secondary N) is 1. The maximum absolute atomic E-state index is 14.6. The summed E-state index contributed by atoms with van der Waals surface area (Å²) in [6, 6.07) is 8.72. The first-order valence-corrected chi connectivity index (χ1v) is 9.18. The molecule has 0 radical (unpaired) electrons. The molecule has 1 atom stereocenters. The van der Waals surface area contributed by atoms with E-state index in [9.17, 15) is 8.78 Å². The molecule has 0 unspecified atom stereocenters. The van der Waals surface area contributed by atoms with Crippen molar-refractivity contribution >= 4 is 11.0 Å². The third-order valence-corrected chi connectivity index (χ3v) is 4.95. The van der Waals surface area contributed by atoms with Crippen molar-refractivity contribution < 1.29 is 8.78 Å². The molecular weight excluding hydrogens is 358 g/mol. The van der Waals surface area contributed by atoms with Gasteiger partial charge in [0.25, 0.3) is 0 Å². The summed E-state index contributed by atoms with van der Waals surface area (Å²) in [5.41, 5.74) is 4.95. The van der Waals surface area contributed by atoms with Crippen molar-refractivity contribution in [1.29, 1.82) is 0 Å². The third kappa shape index (κ3) is 3.76. The number of hydrogen-bond donors (Lipinski definition) is 1. The summed E-state index contributed by atoms with van der Waals surface area (Å²) in [5.74, 6) is -0.905. The van der Waals surface area contributed by atoms with Crippen LogP contribution in [0.1, 0.15) is 40.8 Å². The molecule has 0 aromatic carbocycles. The van der Waals surface area contributed by atoms with E-state index in [0.717, 1.165) is 27.7 Å². The Balaban J connectivity index is 1.52. The van der Waals surface area contributed by atoms with Crippen LogP contribution in [0.15, 0.2) is 48.9 Å². The molecule has 1 N–H and O–H groups in total. The maximum Gasteiger partial charge on any atom is 0.216 e. The molecule has 4 nitrogen and oxygen atoms in total. The zero-order valence-electron chi connectivity index (χ0n) is 15.7. The molecule has 0 fully saturated rings. The Labute approximate surface area is 161 Å². The number of rotatable bonds is 5. The third-order valence-electron chi connectivity index (χ3n) is 4.95. The highest BCUT2D eigenvalue weighted by atomic mass is 19.1. The second-order valence-electron chi connectivity index (χ2n) is 7.17. The second kappa shape index (κ2) is 7.46. The molecule has 0 aliphatic rings. The fourth-order valence-electron chi connectivity index (χ4n) is 3.37. The lowest BCUT2D eigenvalue weighted by Gasteiger charge is -2.12. The molecule has 142 valence electrons. The minimum Gasteiger partial charge on any atom is -0.346 e. The molecule has 0 saturated carbocycles. The van der Waals surface area contributed by atoms with E-state index < -0.39 is 11.9 Å². The average Bonchev–Trinajstić information content (AvgIpc) is 3.06. The van der Waals surface area contributed by atoms with Crippen molar-refractivity contribution in [2.24, 2.45) is 0 Å². The number of halogens is 2. The predicted molar refractivity (Wildman–Crippen MR) is 104 cm³/mol. The van der Waals surface area contributed by atoms with Gasteiger partial charge >= 0.3 is 0 Å². The van der Waals surface area contributed by atoms with Crippen LogP contribution in [-0.4, -0.2) is 19.9 Å². The van der Waals surface area contributed by atoms with Gasteiger partial charge < -0.3 is 4.98 Å². The molecule has 0 spiro atoms. The summed E-state index contributed by atoms with van der Waals surface area (Å²) >= 11 is 0. The summed E-state index contributed by atoms with van der Waals surface area (Å²) in [4.78, 5) is 15.3. The number of nitrogens with zero attached hydrogens (tertiary/aromatic N) is 3. The van der Waals surface area contributed by atoms with E-state index in [0.29, 0.717) is 24.1 Å². The Bertz CT molecular complexity index is 1120. The van der Waals surface area contributed by atoms with E-state index in [1.807, 2.05) is 32.2 Å². The molecule has 4 rings (SSSR count). The van der Waals surface area contributed by atoms with E-state index in [1.165, 1.54) is 12.3 Å². The van der Waals surface area contributed by atoms with E-state index in [1.54, 1.807) is 18.3 Å². The van der Waals surface area contributed by atoms with E-state index in [-0.39, 0.29) is 5.92 Å². The van der Waals surface area contributed by atoms with Gasteiger partial charge in [0, 0.05) is 41.7 Å². The van der Waals surface area contributed by atoms with Crippen molar-refractivity contribution in [2.75, 3.05) is 0 Å². The van der Waals surface area contributed by atoms with Crippen LogP contribution in [0.5, 0.6) is 0 Å².